The quantitative estimate of drug-likeness (QED) is 0.723. The van der Waals surface area contributed by atoms with Gasteiger partial charge in [0.2, 0.25) is 0 Å². The third-order valence-corrected chi connectivity index (χ3v) is 3.61. The highest BCUT2D eigenvalue weighted by atomic mass is 16.2. The van der Waals surface area contributed by atoms with E-state index >= 15 is 0 Å². The molecule has 0 saturated heterocycles. The first-order valence-corrected chi connectivity index (χ1v) is 8.43. The Labute approximate surface area is 139 Å². The van der Waals surface area contributed by atoms with Gasteiger partial charge in [-0.1, -0.05) is 20.8 Å². The normalized spacial score (nSPS) is 10.4. The SMILES string of the molecule is CCCNC(=O)c1cc(C)cc(C(=O)N(CCC)CCC)c1N. The molecule has 1 rings (SSSR count). The van der Waals surface area contributed by atoms with Crippen LogP contribution in [0.2, 0.25) is 0 Å². The molecule has 0 aliphatic heterocycles. The van der Waals surface area contributed by atoms with Crippen molar-refractivity contribution >= 4 is 17.5 Å². The zero-order valence-electron chi connectivity index (χ0n) is 14.7. The molecule has 0 aliphatic rings. The Morgan fingerprint density at radius 3 is 2.13 bits per heavy atom. The Bertz CT molecular complexity index is 549. The van der Waals surface area contributed by atoms with Crippen LogP contribution in [0.5, 0.6) is 0 Å². The Balaban J connectivity index is 3.18. The third-order valence-electron chi connectivity index (χ3n) is 3.61. The predicted molar refractivity (Wildman–Crippen MR) is 94.7 cm³/mol. The Hall–Kier alpha value is -2.04. The van der Waals surface area contributed by atoms with Crippen molar-refractivity contribution in [2.45, 2.75) is 47.0 Å². The van der Waals surface area contributed by atoms with Gasteiger partial charge in [0.25, 0.3) is 11.8 Å². The van der Waals surface area contributed by atoms with Crippen molar-refractivity contribution in [3.8, 4) is 0 Å². The Morgan fingerprint density at radius 1 is 1.04 bits per heavy atom. The number of aryl methyl sites for hydroxylation is 1. The van der Waals surface area contributed by atoms with Crippen molar-refractivity contribution < 1.29 is 9.59 Å². The van der Waals surface area contributed by atoms with Gasteiger partial charge in [0, 0.05) is 19.6 Å². The second-order valence-corrected chi connectivity index (χ2v) is 5.82. The molecule has 0 spiro atoms. The molecule has 0 aromatic heterocycles. The smallest absolute Gasteiger partial charge is 0.255 e. The molecule has 0 fully saturated rings. The first-order chi connectivity index (χ1) is 11.0. The zero-order valence-corrected chi connectivity index (χ0v) is 14.7. The Kier molecular flexibility index (Phi) is 7.59. The fourth-order valence-corrected chi connectivity index (χ4v) is 2.52. The van der Waals surface area contributed by atoms with Crippen LogP contribution in [0, 0.1) is 6.92 Å². The van der Waals surface area contributed by atoms with Crippen molar-refractivity contribution in [2.75, 3.05) is 25.4 Å². The third kappa shape index (κ3) is 4.98. The lowest BCUT2D eigenvalue weighted by Crippen LogP contribution is -2.34. The molecule has 0 unspecified atom stereocenters. The molecule has 2 amide bonds. The monoisotopic (exact) mass is 319 g/mol. The predicted octanol–water partition coefficient (Wildman–Crippen LogP) is 2.98. The zero-order chi connectivity index (χ0) is 17.4. The van der Waals surface area contributed by atoms with Gasteiger partial charge in [-0.2, -0.15) is 0 Å². The fraction of sp³-hybridized carbons (Fsp3) is 0.556. The molecule has 0 saturated carbocycles. The number of nitrogens with one attached hydrogen (secondary N) is 1. The molecule has 128 valence electrons. The maximum Gasteiger partial charge on any atom is 0.255 e. The second-order valence-electron chi connectivity index (χ2n) is 5.82. The van der Waals surface area contributed by atoms with E-state index in [4.69, 9.17) is 5.73 Å². The highest BCUT2D eigenvalue weighted by Crippen LogP contribution is 2.22. The summed E-state index contributed by atoms with van der Waals surface area (Å²) >= 11 is 0. The van der Waals surface area contributed by atoms with E-state index in [0.717, 1.165) is 24.8 Å². The van der Waals surface area contributed by atoms with Gasteiger partial charge in [-0.25, -0.2) is 0 Å². The molecule has 1 aromatic rings. The van der Waals surface area contributed by atoms with E-state index in [0.29, 0.717) is 30.8 Å². The van der Waals surface area contributed by atoms with E-state index in [1.165, 1.54) is 0 Å². The largest absolute Gasteiger partial charge is 0.397 e. The summed E-state index contributed by atoms with van der Waals surface area (Å²) in [6.45, 7) is 9.92. The summed E-state index contributed by atoms with van der Waals surface area (Å²) in [6, 6.07) is 3.51. The van der Waals surface area contributed by atoms with Gasteiger partial charge in [0.05, 0.1) is 16.8 Å². The summed E-state index contributed by atoms with van der Waals surface area (Å²) in [4.78, 5) is 26.9. The number of amides is 2. The average molecular weight is 319 g/mol. The molecule has 5 heteroatoms. The maximum absolute atomic E-state index is 12.8. The van der Waals surface area contributed by atoms with E-state index in [-0.39, 0.29) is 17.5 Å². The molecule has 0 bridgehead atoms. The molecule has 0 heterocycles. The number of hydrogen-bond donors (Lipinski definition) is 2. The molecule has 0 atom stereocenters. The minimum atomic E-state index is -0.223. The molecular formula is C18H29N3O2. The van der Waals surface area contributed by atoms with E-state index in [9.17, 15) is 9.59 Å². The van der Waals surface area contributed by atoms with Gasteiger partial charge in [-0.05, 0) is 43.9 Å². The summed E-state index contributed by atoms with van der Waals surface area (Å²) in [5, 5.41) is 2.82. The van der Waals surface area contributed by atoms with E-state index in [1.807, 2.05) is 27.7 Å². The average Bonchev–Trinajstić information content (AvgIpc) is 2.53. The van der Waals surface area contributed by atoms with E-state index in [2.05, 4.69) is 5.32 Å². The van der Waals surface area contributed by atoms with Crippen LogP contribution in [0.15, 0.2) is 12.1 Å². The summed E-state index contributed by atoms with van der Waals surface area (Å²) in [6.07, 6.45) is 2.63. The number of anilines is 1. The summed E-state index contributed by atoms with van der Waals surface area (Å²) in [5.41, 5.74) is 8.08. The van der Waals surface area contributed by atoms with Gasteiger partial charge in [0.1, 0.15) is 0 Å². The van der Waals surface area contributed by atoms with Gasteiger partial charge < -0.3 is 16.0 Å². The number of benzene rings is 1. The van der Waals surface area contributed by atoms with Crippen molar-refractivity contribution in [1.29, 1.82) is 0 Å². The standard InChI is InChI=1S/C18H29N3O2/c1-5-8-20-17(22)14-11-13(4)12-15(16(14)19)18(23)21(9-6-2)10-7-3/h11-12H,5-10,19H2,1-4H3,(H,20,22). The number of carbonyl (C=O) groups excluding carboxylic acids is 2. The van der Waals surface area contributed by atoms with Crippen LogP contribution in [0.25, 0.3) is 0 Å². The molecule has 0 aliphatic carbocycles. The molecule has 1 aromatic carbocycles. The number of carbonyl (C=O) groups is 2. The van der Waals surface area contributed by atoms with Crippen LogP contribution in [0.3, 0.4) is 0 Å². The molecule has 3 N–H and O–H groups in total. The van der Waals surface area contributed by atoms with Crippen molar-refractivity contribution in [2.24, 2.45) is 0 Å². The minimum Gasteiger partial charge on any atom is -0.397 e. The van der Waals surface area contributed by atoms with Gasteiger partial charge in [0.15, 0.2) is 0 Å². The lowest BCUT2D eigenvalue weighted by molar-refractivity contribution is 0.0756. The first-order valence-electron chi connectivity index (χ1n) is 8.43. The van der Waals surface area contributed by atoms with E-state index < -0.39 is 0 Å². The summed E-state index contributed by atoms with van der Waals surface area (Å²) < 4.78 is 0. The van der Waals surface area contributed by atoms with Crippen LogP contribution in [0.4, 0.5) is 5.69 Å². The topological polar surface area (TPSA) is 75.4 Å². The second kappa shape index (κ2) is 9.18. The highest BCUT2D eigenvalue weighted by Gasteiger charge is 2.21. The van der Waals surface area contributed by atoms with E-state index in [1.54, 1.807) is 17.0 Å². The van der Waals surface area contributed by atoms with Gasteiger partial charge in [-0.3, -0.25) is 9.59 Å². The fourth-order valence-electron chi connectivity index (χ4n) is 2.52. The highest BCUT2D eigenvalue weighted by molar-refractivity contribution is 6.07. The lowest BCUT2D eigenvalue weighted by Gasteiger charge is -2.23. The van der Waals surface area contributed by atoms with Crippen molar-refractivity contribution in [1.82, 2.24) is 10.2 Å². The van der Waals surface area contributed by atoms with Crippen LogP contribution >= 0.6 is 0 Å². The molecule has 5 nitrogen and oxygen atoms in total. The summed E-state index contributed by atoms with van der Waals surface area (Å²) in [5.74, 6) is -0.320. The minimum absolute atomic E-state index is 0.0977. The van der Waals surface area contributed by atoms with Crippen LogP contribution in [-0.4, -0.2) is 36.3 Å². The number of rotatable bonds is 8. The number of nitrogens with two attached hydrogens (primary N) is 1. The first kappa shape index (κ1) is 19.0. The number of nitrogens with zero attached hydrogens (tertiary/aromatic N) is 1. The van der Waals surface area contributed by atoms with Crippen LogP contribution in [0.1, 0.15) is 66.3 Å². The lowest BCUT2D eigenvalue weighted by atomic mass is 10.0. The maximum atomic E-state index is 12.8. The van der Waals surface area contributed by atoms with Gasteiger partial charge >= 0.3 is 0 Å². The Morgan fingerprint density at radius 2 is 1.61 bits per heavy atom. The van der Waals surface area contributed by atoms with Crippen LogP contribution < -0.4 is 11.1 Å². The van der Waals surface area contributed by atoms with Crippen molar-refractivity contribution in [3.63, 3.8) is 0 Å². The van der Waals surface area contributed by atoms with Crippen LogP contribution in [-0.2, 0) is 0 Å². The number of nitrogen functional groups attached to an aromatic ring is 1. The molecule has 23 heavy (non-hydrogen) atoms. The molecular weight excluding hydrogens is 290 g/mol. The van der Waals surface area contributed by atoms with Crippen molar-refractivity contribution in [3.05, 3.63) is 28.8 Å². The number of hydrogen-bond acceptors (Lipinski definition) is 3. The van der Waals surface area contributed by atoms with Gasteiger partial charge in [-0.15, -0.1) is 0 Å². The summed E-state index contributed by atoms with van der Waals surface area (Å²) in [7, 11) is 0. The molecule has 0 radical (unpaired) electrons.